The number of ether oxygens (including phenoxy) is 1. The average Bonchev–Trinajstić information content (AvgIpc) is 2.87. The van der Waals surface area contributed by atoms with Crippen molar-refractivity contribution in [2.24, 2.45) is 0 Å². The van der Waals surface area contributed by atoms with Crippen LogP contribution in [-0.4, -0.2) is 10.7 Å². The number of rotatable bonds is 5. The van der Waals surface area contributed by atoms with Gasteiger partial charge in [0.1, 0.15) is 12.4 Å². The van der Waals surface area contributed by atoms with Gasteiger partial charge in [0.05, 0.1) is 10.7 Å². The van der Waals surface area contributed by atoms with E-state index in [0.29, 0.717) is 12.4 Å². The van der Waals surface area contributed by atoms with Crippen molar-refractivity contribution in [3.63, 3.8) is 0 Å². The van der Waals surface area contributed by atoms with E-state index in [-0.39, 0.29) is 5.54 Å². The first-order valence-corrected chi connectivity index (χ1v) is 7.30. The summed E-state index contributed by atoms with van der Waals surface area (Å²) in [6.07, 6.45) is 1.61. The number of nitrogens with one attached hydrogen (secondary N) is 1. The van der Waals surface area contributed by atoms with Gasteiger partial charge in [-0.2, -0.15) is 0 Å². The molecule has 0 bridgehead atoms. The molecule has 0 aliphatic rings. The summed E-state index contributed by atoms with van der Waals surface area (Å²) < 4.78 is 11.8. The van der Waals surface area contributed by atoms with E-state index < -0.39 is 0 Å². The molecule has 108 valence electrons. The SMILES string of the molecule is CC(C)(C)NCc1cccc(Br)c1OCc1ccno1. The van der Waals surface area contributed by atoms with Crippen molar-refractivity contribution in [2.75, 3.05) is 0 Å². The third-order valence-corrected chi connectivity index (χ3v) is 3.33. The molecular formula is C15H19BrN2O2. The average molecular weight is 339 g/mol. The Hall–Kier alpha value is -1.33. The van der Waals surface area contributed by atoms with Gasteiger partial charge in [-0.1, -0.05) is 17.3 Å². The van der Waals surface area contributed by atoms with Gasteiger partial charge in [-0.3, -0.25) is 0 Å². The Morgan fingerprint density at radius 1 is 1.30 bits per heavy atom. The smallest absolute Gasteiger partial charge is 0.174 e. The summed E-state index contributed by atoms with van der Waals surface area (Å²) in [4.78, 5) is 0. The Labute approximate surface area is 127 Å². The highest BCUT2D eigenvalue weighted by atomic mass is 79.9. The summed E-state index contributed by atoms with van der Waals surface area (Å²) >= 11 is 3.53. The Balaban J connectivity index is 2.09. The van der Waals surface area contributed by atoms with E-state index in [1.54, 1.807) is 12.3 Å². The number of aromatic nitrogens is 1. The topological polar surface area (TPSA) is 47.3 Å². The van der Waals surface area contributed by atoms with Crippen LogP contribution in [0.1, 0.15) is 32.1 Å². The maximum Gasteiger partial charge on any atom is 0.174 e. The molecule has 20 heavy (non-hydrogen) atoms. The lowest BCUT2D eigenvalue weighted by Gasteiger charge is -2.22. The molecule has 1 aromatic carbocycles. The first-order valence-electron chi connectivity index (χ1n) is 6.50. The van der Waals surface area contributed by atoms with E-state index in [1.165, 1.54) is 0 Å². The summed E-state index contributed by atoms with van der Waals surface area (Å²) in [6.45, 7) is 7.53. The highest BCUT2D eigenvalue weighted by Crippen LogP contribution is 2.30. The predicted molar refractivity (Wildman–Crippen MR) is 81.6 cm³/mol. The molecule has 0 saturated carbocycles. The molecule has 0 atom stereocenters. The minimum Gasteiger partial charge on any atom is -0.484 e. The van der Waals surface area contributed by atoms with Gasteiger partial charge in [0.15, 0.2) is 5.76 Å². The number of halogens is 1. The standard InChI is InChI=1S/C15H19BrN2O2/c1-15(2,3)17-9-11-5-4-6-13(16)14(11)19-10-12-7-8-18-20-12/h4-8,17H,9-10H2,1-3H3. The summed E-state index contributed by atoms with van der Waals surface area (Å²) in [5, 5.41) is 7.13. The first kappa shape index (κ1) is 15.1. The van der Waals surface area contributed by atoms with Gasteiger partial charge in [0, 0.05) is 23.7 Å². The van der Waals surface area contributed by atoms with Crippen LogP contribution in [0.5, 0.6) is 5.75 Å². The molecule has 5 heteroatoms. The molecular weight excluding hydrogens is 320 g/mol. The fourth-order valence-corrected chi connectivity index (χ4v) is 2.20. The molecule has 1 aromatic heterocycles. The van der Waals surface area contributed by atoms with E-state index >= 15 is 0 Å². The number of hydrogen-bond donors (Lipinski definition) is 1. The Morgan fingerprint density at radius 2 is 2.10 bits per heavy atom. The Morgan fingerprint density at radius 3 is 2.75 bits per heavy atom. The van der Waals surface area contributed by atoms with Gasteiger partial charge in [0.2, 0.25) is 0 Å². The molecule has 0 amide bonds. The van der Waals surface area contributed by atoms with Crippen molar-refractivity contribution in [3.05, 3.63) is 46.3 Å². The molecule has 1 heterocycles. The lowest BCUT2D eigenvalue weighted by Crippen LogP contribution is -2.35. The molecule has 4 nitrogen and oxygen atoms in total. The largest absolute Gasteiger partial charge is 0.484 e. The minimum absolute atomic E-state index is 0.0600. The third kappa shape index (κ3) is 4.35. The summed E-state index contributed by atoms with van der Waals surface area (Å²) in [6, 6.07) is 7.82. The van der Waals surface area contributed by atoms with Crippen LogP contribution in [-0.2, 0) is 13.2 Å². The first-order chi connectivity index (χ1) is 9.46. The predicted octanol–water partition coefficient (Wildman–Crippen LogP) is 3.90. The molecule has 2 aromatic rings. The summed E-state index contributed by atoms with van der Waals surface area (Å²) in [7, 11) is 0. The normalized spacial score (nSPS) is 11.6. The zero-order chi connectivity index (χ0) is 14.6. The van der Waals surface area contributed by atoms with Crippen LogP contribution >= 0.6 is 15.9 Å². The lowest BCUT2D eigenvalue weighted by molar-refractivity contribution is 0.245. The van der Waals surface area contributed by atoms with Crippen LogP contribution < -0.4 is 10.1 Å². The monoisotopic (exact) mass is 338 g/mol. The highest BCUT2D eigenvalue weighted by Gasteiger charge is 2.13. The lowest BCUT2D eigenvalue weighted by atomic mass is 10.1. The molecule has 0 radical (unpaired) electrons. The van der Waals surface area contributed by atoms with Gasteiger partial charge in [-0.05, 0) is 42.8 Å². The molecule has 1 N–H and O–H groups in total. The fraction of sp³-hybridized carbons (Fsp3) is 0.400. The molecule has 0 spiro atoms. The van der Waals surface area contributed by atoms with Crippen molar-refractivity contribution < 1.29 is 9.26 Å². The van der Waals surface area contributed by atoms with Crippen molar-refractivity contribution in [1.82, 2.24) is 10.5 Å². The zero-order valence-electron chi connectivity index (χ0n) is 11.9. The van der Waals surface area contributed by atoms with Crippen LogP contribution in [0.3, 0.4) is 0 Å². The fourth-order valence-electron chi connectivity index (χ4n) is 1.67. The molecule has 0 aliphatic heterocycles. The van der Waals surface area contributed by atoms with Gasteiger partial charge >= 0.3 is 0 Å². The third-order valence-electron chi connectivity index (χ3n) is 2.71. The number of benzene rings is 1. The van der Waals surface area contributed by atoms with Crippen molar-refractivity contribution in [1.29, 1.82) is 0 Å². The molecule has 0 saturated heterocycles. The second-order valence-electron chi connectivity index (χ2n) is 5.60. The van der Waals surface area contributed by atoms with Crippen molar-refractivity contribution >= 4 is 15.9 Å². The van der Waals surface area contributed by atoms with Gasteiger partial charge in [0.25, 0.3) is 0 Å². The van der Waals surface area contributed by atoms with E-state index in [2.05, 4.69) is 53.2 Å². The second-order valence-corrected chi connectivity index (χ2v) is 6.45. The summed E-state index contributed by atoms with van der Waals surface area (Å²) in [5.41, 5.74) is 1.17. The van der Waals surface area contributed by atoms with Crippen LogP contribution in [0.4, 0.5) is 0 Å². The van der Waals surface area contributed by atoms with E-state index in [1.807, 2.05) is 12.1 Å². The Bertz CT molecular complexity index is 547. The van der Waals surface area contributed by atoms with Gasteiger partial charge in [-0.25, -0.2) is 0 Å². The van der Waals surface area contributed by atoms with Crippen LogP contribution in [0.25, 0.3) is 0 Å². The molecule has 2 rings (SSSR count). The van der Waals surface area contributed by atoms with E-state index in [0.717, 1.165) is 22.3 Å². The van der Waals surface area contributed by atoms with Crippen LogP contribution in [0.15, 0.2) is 39.5 Å². The molecule has 0 aliphatic carbocycles. The Kier molecular flexibility index (Phi) is 4.83. The molecule has 0 unspecified atom stereocenters. The maximum absolute atomic E-state index is 5.86. The van der Waals surface area contributed by atoms with Crippen molar-refractivity contribution in [2.45, 2.75) is 39.5 Å². The number of hydrogen-bond acceptors (Lipinski definition) is 4. The second kappa shape index (κ2) is 6.41. The quantitative estimate of drug-likeness (QED) is 0.897. The zero-order valence-corrected chi connectivity index (χ0v) is 13.5. The summed E-state index contributed by atoms with van der Waals surface area (Å²) in [5.74, 6) is 1.54. The number of para-hydroxylation sites is 1. The highest BCUT2D eigenvalue weighted by molar-refractivity contribution is 9.10. The van der Waals surface area contributed by atoms with Gasteiger partial charge in [-0.15, -0.1) is 0 Å². The van der Waals surface area contributed by atoms with E-state index in [9.17, 15) is 0 Å². The molecule has 0 fully saturated rings. The number of nitrogens with zero attached hydrogens (tertiary/aromatic N) is 1. The maximum atomic E-state index is 5.86. The van der Waals surface area contributed by atoms with Gasteiger partial charge < -0.3 is 14.6 Å². The van der Waals surface area contributed by atoms with Crippen molar-refractivity contribution in [3.8, 4) is 5.75 Å². The van der Waals surface area contributed by atoms with Crippen LogP contribution in [0, 0.1) is 0 Å². The van der Waals surface area contributed by atoms with E-state index in [4.69, 9.17) is 9.26 Å². The minimum atomic E-state index is 0.0600. The van der Waals surface area contributed by atoms with Crippen LogP contribution in [0.2, 0.25) is 0 Å².